The van der Waals surface area contributed by atoms with E-state index in [1.54, 1.807) is 25.2 Å². The van der Waals surface area contributed by atoms with Crippen LogP contribution in [0.1, 0.15) is 5.56 Å². The zero-order valence-electron chi connectivity index (χ0n) is 13.9. The summed E-state index contributed by atoms with van der Waals surface area (Å²) in [6, 6.07) is 12.8. The Balaban J connectivity index is 1.88. The molecule has 0 aliphatic rings. The average Bonchev–Trinajstić information content (AvgIpc) is 2.57. The van der Waals surface area contributed by atoms with Gasteiger partial charge in [-0.1, -0.05) is 47.5 Å². The summed E-state index contributed by atoms with van der Waals surface area (Å²) in [6.45, 7) is 1.92. The molecule has 0 atom stereocenters. The smallest absolute Gasteiger partial charge is 0.244 e. The number of para-hydroxylation sites is 1. The van der Waals surface area contributed by atoms with Crippen molar-refractivity contribution < 1.29 is 9.59 Å². The van der Waals surface area contributed by atoms with E-state index in [4.69, 9.17) is 23.2 Å². The summed E-state index contributed by atoms with van der Waals surface area (Å²) in [4.78, 5) is 26.8. The van der Waals surface area contributed by atoms with E-state index in [0.717, 1.165) is 10.5 Å². The Morgan fingerprint density at radius 3 is 2.36 bits per heavy atom. The number of anilines is 1. The van der Waals surface area contributed by atoms with E-state index < -0.39 is 0 Å². The van der Waals surface area contributed by atoms with Gasteiger partial charge in [-0.15, -0.1) is 11.8 Å². The Labute approximate surface area is 161 Å². The quantitative estimate of drug-likeness (QED) is 0.731. The van der Waals surface area contributed by atoms with E-state index in [-0.39, 0.29) is 24.1 Å². The highest BCUT2D eigenvalue weighted by Gasteiger charge is 2.15. The lowest BCUT2D eigenvalue weighted by Gasteiger charge is -2.17. The molecule has 0 fully saturated rings. The van der Waals surface area contributed by atoms with Crippen LogP contribution in [-0.4, -0.2) is 36.1 Å². The number of rotatable bonds is 6. The highest BCUT2D eigenvalue weighted by atomic mass is 35.5. The molecular formula is C18H18Cl2N2O2S. The molecule has 0 saturated heterocycles. The van der Waals surface area contributed by atoms with Crippen LogP contribution in [0.3, 0.4) is 0 Å². The fourth-order valence-corrected chi connectivity index (χ4v) is 3.53. The van der Waals surface area contributed by atoms with Crippen LogP contribution in [-0.2, 0) is 9.59 Å². The Morgan fingerprint density at radius 2 is 1.72 bits per heavy atom. The predicted octanol–water partition coefficient (Wildman–Crippen LogP) is 4.49. The molecule has 7 heteroatoms. The summed E-state index contributed by atoms with van der Waals surface area (Å²) in [5.74, 6) is -0.220. The maximum atomic E-state index is 12.2. The summed E-state index contributed by atoms with van der Waals surface area (Å²) < 4.78 is 0. The third-order valence-electron chi connectivity index (χ3n) is 3.48. The van der Waals surface area contributed by atoms with Gasteiger partial charge in [-0.25, -0.2) is 0 Å². The molecule has 2 aromatic rings. The Kier molecular flexibility index (Phi) is 7.17. The molecule has 132 valence electrons. The second-order valence-electron chi connectivity index (χ2n) is 5.45. The first-order chi connectivity index (χ1) is 11.9. The fourth-order valence-electron chi connectivity index (χ4n) is 2.07. The number of benzene rings is 2. The van der Waals surface area contributed by atoms with E-state index in [1.807, 2.05) is 31.2 Å². The number of hydrogen-bond donors (Lipinski definition) is 1. The number of thioether (sulfide) groups is 1. The zero-order valence-corrected chi connectivity index (χ0v) is 16.2. The second-order valence-corrected chi connectivity index (χ2v) is 7.28. The van der Waals surface area contributed by atoms with Crippen LogP contribution in [0.15, 0.2) is 47.4 Å². The highest BCUT2D eigenvalue weighted by molar-refractivity contribution is 8.00. The molecule has 0 bridgehead atoms. The first-order valence-electron chi connectivity index (χ1n) is 7.54. The maximum absolute atomic E-state index is 12.2. The molecule has 0 unspecified atom stereocenters. The third kappa shape index (κ3) is 5.66. The van der Waals surface area contributed by atoms with Gasteiger partial charge in [-0.3, -0.25) is 9.59 Å². The van der Waals surface area contributed by atoms with E-state index in [2.05, 4.69) is 5.32 Å². The first kappa shape index (κ1) is 19.6. The number of carbonyl (C=O) groups is 2. The largest absolute Gasteiger partial charge is 0.336 e. The fraction of sp³-hybridized carbons (Fsp3) is 0.222. The van der Waals surface area contributed by atoms with Gasteiger partial charge in [-0.05, 0) is 30.7 Å². The lowest BCUT2D eigenvalue weighted by molar-refractivity contribution is -0.131. The second kappa shape index (κ2) is 9.13. The number of carbonyl (C=O) groups excluding carboxylic acids is 2. The lowest BCUT2D eigenvalue weighted by Crippen LogP contribution is -2.36. The molecule has 0 heterocycles. The summed E-state index contributed by atoms with van der Waals surface area (Å²) in [5.41, 5.74) is 1.47. The summed E-state index contributed by atoms with van der Waals surface area (Å²) in [5, 5.41) is 3.35. The van der Waals surface area contributed by atoms with Crippen molar-refractivity contribution >= 4 is 52.5 Å². The molecule has 0 radical (unpaired) electrons. The van der Waals surface area contributed by atoms with Crippen LogP contribution in [0.5, 0.6) is 0 Å². The van der Waals surface area contributed by atoms with Crippen LogP contribution in [0, 0.1) is 6.92 Å². The number of halogens is 2. The first-order valence-corrected chi connectivity index (χ1v) is 9.29. The average molecular weight is 397 g/mol. The molecule has 0 aromatic heterocycles. The SMILES string of the molecule is Cc1ccccc1SCC(=O)N(C)CC(=O)Nc1c(Cl)cccc1Cl. The number of hydrogen-bond acceptors (Lipinski definition) is 3. The van der Waals surface area contributed by atoms with Crippen molar-refractivity contribution in [3.05, 3.63) is 58.1 Å². The molecule has 2 amide bonds. The number of likely N-dealkylation sites (N-methyl/N-ethyl adjacent to an activating group) is 1. The van der Waals surface area contributed by atoms with Crippen molar-refractivity contribution in [1.29, 1.82) is 0 Å². The van der Waals surface area contributed by atoms with Crippen molar-refractivity contribution in [2.75, 3.05) is 24.7 Å². The van der Waals surface area contributed by atoms with Crippen molar-refractivity contribution in [3.8, 4) is 0 Å². The molecule has 1 N–H and O–H groups in total. The monoisotopic (exact) mass is 396 g/mol. The molecule has 0 saturated carbocycles. The minimum atomic E-state index is -0.355. The topological polar surface area (TPSA) is 49.4 Å². The van der Waals surface area contributed by atoms with Gasteiger partial charge in [0.2, 0.25) is 11.8 Å². The third-order valence-corrected chi connectivity index (χ3v) is 5.27. The van der Waals surface area contributed by atoms with Crippen LogP contribution in [0.25, 0.3) is 0 Å². The van der Waals surface area contributed by atoms with Gasteiger partial charge in [-0.2, -0.15) is 0 Å². The normalized spacial score (nSPS) is 10.4. The van der Waals surface area contributed by atoms with E-state index in [1.165, 1.54) is 16.7 Å². The van der Waals surface area contributed by atoms with Crippen LogP contribution in [0.2, 0.25) is 10.0 Å². The number of nitrogens with one attached hydrogen (secondary N) is 1. The van der Waals surface area contributed by atoms with Crippen LogP contribution in [0.4, 0.5) is 5.69 Å². The Hall–Kier alpha value is -1.69. The van der Waals surface area contributed by atoms with E-state index in [0.29, 0.717) is 15.7 Å². The molecule has 2 rings (SSSR count). The van der Waals surface area contributed by atoms with Gasteiger partial charge in [0.15, 0.2) is 0 Å². The van der Waals surface area contributed by atoms with Gasteiger partial charge < -0.3 is 10.2 Å². The van der Waals surface area contributed by atoms with Crippen LogP contribution >= 0.6 is 35.0 Å². The van der Waals surface area contributed by atoms with Crippen molar-refractivity contribution in [1.82, 2.24) is 4.90 Å². The van der Waals surface area contributed by atoms with Crippen molar-refractivity contribution in [2.24, 2.45) is 0 Å². The van der Waals surface area contributed by atoms with E-state index >= 15 is 0 Å². The maximum Gasteiger partial charge on any atom is 0.244 e. The zero-order chi connectivity index (χ0) is 18.4. The summed E-state index contributed by atoms with van der Waals surface area (Å²) in [7, 11) is 1.59. The molecule has 2 aromatic carbocycles. The standard InChI is InChI=1S/C18H18Cl2N2O2S/c1-12-6-3-4-9-15(12)25-11-17(24)22(2)10-16(23)21-18-13(19)7-5-8-14(18)20/h3-9H,10-11H2,1-2H3,(H,21,23). The number of nitrogens with zero attached hydrogens (tertiary/aromatic N) is 1. The lowest BCUT2D eigenvalue weighted by atomic mass is 10.2. The minimum absolute atomic E-state index is 0.0747. The van der Waals surface area contributed by atoms with Crippen molar-refractivity contribution in [2.45, 2.75) is 11.8 Å². The molecule has 0 spiro atoms. The Bertz CT molecular complexity index is 763. The molecule has 4 nitrogen and oxygen atoms in total. The van der Waals surface area contributed by atoms with Gasteiger partial charge in [0.1, 0.15) is 0 Å². The van der Waals surface area contributed by atoms with Gasteiger partial charge in [0.25, 0.3) is 0 Å². The molecule has 0 aliphatic heterocycles. The van der Waals surface area contributed by atoms with Crippen molar-refractivity contribution in [3.63, 3.8) is 0 Å². The summed E-state index contributed by atoms with van der Waals surface area (Å²) in [6.07, 6.45) is 0. The molecule has 0 aliphatic carbocycles. The Morgan fingerprint density at radius 1 is 1.08 bits per heavy atom. The molecular weight excluding hydrogens is 379 g/mol. The van der Waals surface area contributed by atoms with Gasteiger partial charge in [0, 0.05) is 11.9 Å². The van der Waals surface area contributed by atoms with Crippen LogP contribution < -0.4 is 5.32 Å². The van der Waals surface area contributed by atoms with Gasteiger partial charge >= 0.3 is 0 Å². The predicted molar refractivity (Wildman–Crippen MR) is 105 cm³/mol. The minimum Gasteiger partial charge on any atom is -0.336 e. The van der Waals surface area contributed by atoms with Gasteiger partial charge in [0.05, 0.1) is 28.0 Å². The van der Waals surface area contributed by atoms with E-state index in [9.17, 15) is 9.59 Å². The highest BCUT2D eigenvalue weighted by Crippen LogP contribution is 2.29. The molecule has 25 heavy (non-hydrogen) atoms. The number of aryl methyl sites for hydroxylation is 1. The summed E-state index contributed by atoms with van der Waals surface area (Å²) >= 11 is 13.5. The number of amides is 2.